The van der Waals surface area contributed by atoms with Crippen molar-refractivity contribution in [3.63, 3.8) is 0 Å². The van der Waals surface area contributed by atoms with Crippen LogP contribution in [-0.2, 0) is 0 Å². The van der Waals surface area contributed by atoms with Crippen LogP contribution in [-0.4, -0.2) is 34.2 Å². The van der Waals surface area contributed by atoms with E-state index in [2.05, 4.69) is 27.2 Å². The summed E-state index contributed by atoms with van der Waals surface area (Å²) >= 11 is 0. The number of hydrogen-bond acceptors (Lipinski definition) is 6. The van der Waals surface area contributed by atoms with Crippen molar-refractivity contribution < 1.29 is 9.47 Å². The van der Waals surface area contributed by atoms with Crippen molar-refractivity contribution in [2.45, 2.75) is 39.7 Å². The van der Waals surface area contributed by atoms with Gasteiger partial charge >= 0.3 is 12.0 Å². The van der Waals surface area contributed by atoms with Crippen LogP contribution in [0.4, 0.5) is 5.95 Å². The minimum Gasteiger partial charge on any atom is -0.467 e. The highest BCUT2D eigenvalue weighted by molar-refractivity contribution is 5.27. The molecular formula is C11H20N4O2. The van der Waals surface area contributed by atoms with Crippen LogP contribution in [0.3, 0.4) is 0 Å². The third-order valence-corrected chi connectivity index (χ3v) is 1.71. The lowest BCUT2D eigenvalue weighted by Crippen LogP contribution is -2.24. The zero-order valence-electron chi connectivity index (χ0n) is 11.1. The molecule has 6 nitrogen and oxygen atoms in total. The average molecular weight is 240 g/mol. The van der Waals surface area contributed by atoms with Gasteiger partial charge in [-0.05, 0) is 27.2 Å². The molecule has 0 unspecified atom stereocenters. The molecule has 0 atom stereocenters. The Labute approximate surface area is 102 Å². The Kier molecular flexibility index (Phi) is 4.48. The summed E-state index contributed by atoms with van der Waals surface area (Å²) in [6.07, 6.45) is 0.990. The van der Waals surface area contributed by atoms with E-state index in [1.807, 2.05) is 20.8 Å². The molecule has 1 aromatic heterocycles. The van der Waals surface area contributed by atoms with Gasteiger partial charge in [-0.15, -0.1) is 4.98 Å². The Morgan fingerprint density at radius 1 is 1.12 bits per heavy atom. The van der Waals surface area contributed by atoms with E-state index in [1.54, 1.807) is 0 Å². The van der Waals surface area contributed by atoms with Crippen LogP contribution in [0, 0.1) is 0 Å². The molecular weight excluding hydrogens is 220 g/mol. The van der Waals surface area contributed by atoms with Crippen molar-refractivity contribution in [2.75, 3.05) is 19.0 Å². The first-order valence-electron chi connectivity index (χ1n) is 5.67. The molecule has 1 heterocycles. The van der Waals surface area contributed by atoms with E-state index in [4.69, 9.17) is 9.47 Å². The summed E-state index contributed by atoms with van der Waals surface area (Å²) in [4.78, 5) is 12.3. The summed E-state index contributed by atoms with van der Waals surface area (Å²) in [7, 11) is 1.51. The number of hydrogen-bond donors (Lipinski definition) is 1. The lowest BCUT2D eigenvalue weighted by atomic mass is 10.2. The Hall–Kier alpha value is -1.59. The molecule has 0 saturated heterocycles. The molecule has 0 radical (unpaired) electrons. The molecule has 0 amide bonds. The topological polar surface area (TPSA) is 69.2 Å². The molecule has 96 valence electrons. The monoisotopic (exact) mass is 240 g/mol. The predicted molar refractivity (Wildman–Crippen MR) is 65.5 cm³/mol. The average Bonchev–Trinajstić information content (AvgIpc) is 2.23. The van der Waals surface area contributed by atoms with Crippen LogP contribution in [0.25, 0.3) is 0 Å². The van der Waals surface area contributed by atoms with E-state index in [9.17, 15) is 0 Å². The minimum absolute atomic E-state index is 0.248. The first-order chi connectivity index (χ1) is 7.94. The van der Waals surface area contributed by atoms with Crippen LogP contribution >= 0.6 is 0 Å². The zero-order valence-corrected chi connectivity index (χ0v) is 11.1. The number of anilines is 1. The minimum atomic E-state index is -0.353. The fourth-order valence-electron chi connectivity index (χ4n) is 1.06. The Morgan fingerprint density at radius 2 is 1.76 bits per heavy atom. The quantitative estimate of drug-likeness (QED) is 0.847. The Balaban J connectivity index is 2.88. The van der Waals surface area contributed by atoms with Crippen LogP contribution in [0.1, 0.15) is 34.1 Å². The van der Waals surface area contributed by atoms with E-state index in [-0.39, 0.29) is 17.6 Å². The second-order valence-corrected chi connectivity index (χ2v) is 4.57. The Bertz CT molecular complexity index is 363. The van der Waals surface area contributed by atoms with Crippen LogP contribution in [0.2, 0.25) is 0 Å². The molecule has 0 aliphatic rings. The third kappa shape index (κ3) is 4.84. The van der Waals surface area contributed by atoms with E-state index in [1.165, 1.54) is 7.11 Å². The first kappa shape index (κ1) is 13.5. The summed E-state index contributed by atoms with van der Waals surface area (Å²) < 4.78 is 10.6. The van der Waals surface area contributed by atoms with Crippen molar-refractivity contribution in [1.29, 1.82) is 0 Å². The first-order valence-corrected chi connectivity index (χ1v) is 5.67. The molecule has 17 heavy (non-hydrogen) atoms. The van der Waals surface area contributed by atoms with Gasteiger partial charge in [0.15, 0.2) is 0 Å². The summed E-state index contributed by atoms with van der Waals surface area (Å²) in [6, 6.07) is 0.515. The van der Waals surface area contributed by atoms with Gasteiger partial charge in [0.05, 0.1) is 7.11 Å². The van der Waals surface area contributed by atoms with E-state index in [0.29, 0.717) is 5.95 Å². The Morgan fingerprint density at radius 3 is 2.29 bits per heavy atom. The molecule has 0 saturated carbocycles. The zero-order chi connectivity index (χ0) is 12.9. The molecule has 0 aromatic carbocycles. The molecule has 1 rings (SSSR count). The molecule has 0 aliphatic carbocycles. The SMILES string of the molecule is CCCNc1nc(OC)nc(OC(C)(C)C)n1. The van der Waals surface area contributed by atoms with E-state index in [0.717, 1.165) is 13.0 Å². The predicted octanol–water partition coefficient (Wildman–Crippen LogP) is 1.88. The molecule has 6 heteroatoms. The summed E-state index contributed by atoms with van der Waals surface area (Å²) in [5.74, 6) is 0.470. The highest BCUT2D eigenvalue weighted by atomic mass is 16.5. The highest BCUT2D eigenvalue weighted by Crippen LogP contribution is 2.17. The number of aromatic nitrogens is 3. The van der Waals surface area contributed by atoms with Gasteiger partial charge in [-0.3, -0.25) is 0 Å². The smallest absolute Gasteiger partial charge is 0.324 e. The van der Waals surface area contributed by atoms with Gasteiger partial charge in [0.2, 0.25) is 5.95 Å². The number of rotatable bonds is 5. The van der Waals surface area contributed by atoms with Gasteiger partial charge in [0.25, 0.3) is 0 Å². The second-order valence-electron chi connectivity index (χ2n) is 4.57. The van der Waals surface area contributed by atoms with Crippen molar-refractivity contribution in [2.24, 2.45) is 0 Å². The maximum absolute atomic E-state index is 5.58. The molecule has 1 aromatic rings. The van der Waals surface area contributed by atoms with E-state index >= 15 is 0 Å². The van der Waals surface area contributed by atoms with E-state index < -0.39 is 0 Å². The number of ether oxygens (including phenoxy) is 2. The standard InChI is InChI=1S/C11H20N4O2/c1-6-7-12-8-13-9(16-5)15-10(14-8)17-11(2,3)4/h6-7H2,1-5H3,(H,12,13,14,15). The van der Waals surface area contributed by atoms with Crippen molar-refractivity contribution in [3.8, 4) is 12.0 Å². The summed E-state index contributed by atoms with van der Waals surface area (Å²) in [5.41, 5.74) is -0.353. The van der Waals surface area contributed by atoms with Gasteiger partial charge < -0.3 is 14.8 Å². The van der Waals surface area contributed by atoms with Crippen molar-refractivity contribution in [3.05, 3.63) is 0 Å². The van der Waals surface area contributed by atoms with Crippen LogP contribution in [0.15, 0.2) is 0 Å². The lowest BCUT2D eigenvalue weighted by Gasteiger charge is -2.19. The largest absolute Gasteiger partial charge is 0.467 e. The molecule has 0 aliphatic heterocycles. The van der Waals surface area contributed by atoms with Crippen LogP contribution in [0.5, 0.6) is 12.0 Å². The third-order valence-electron chi connectivity index (χ3n) is 1.71. The molecule has 0 fully saturated rings. The maximum atomic E-state index is 5.58. The highest BCUT2D eigenvalue weighted by Gasteiger charge is 2.16. The normalized spacial score (nSPS) is 11.1. The fraction of sp³-hybridized carbons (Fsp3) is 0.727. The fourth-order valence-corrected chi connectivity index (χ4v) is 1.06. The number of methoxy groups -OCH3 is 1. The van der Waals surface area contributed by atoms with Crippen LogP contribution < -0.4 is 14.8 Å². The number of nitrogens with one attached hydrogen (secondary N) is 1. The number of nitrogens with zero attached hydrogens (tertiary/aromatic N) is 3. The van der Waals surface area contributed by atoms with Gasteiger partial charge in [0.1, 0.15) is 5.60 Å². The van der Waals surface area contributed by atoms with Gasteiger partial charge in [-0.2, -0.15) is 9.97 Å². The van der Waals surface area contributed by atoms with Crippen molar-refractivity contribution in [1.82, 2.24) is 15.0 Å². The summed E-state index contributed by atoms with van der Waals surface area (Å²) in [6.45, 7) is 8.66. The molecule has 0 bridgehead atoms. The second kappa shape index (κ2) is 5.65. The summed E-state index contributed by atoms with van der Waals surface area (Å²) in [5, 5.41) is 3.07. The maximum Gasteiger partial charge on any atom is 0.324 e. The lowest BCUT2D eigenvalue weighted by molar-refractivity contribution is 0.115. The van der Waals surface area contributed by atoms with Crippen molar-refractivity contribution >= 4 is 5.95 Å². The molecule has 1 N–H and O–H groups in total. The van der Waals surface area contributed by atoms with Gasteiger partial charge in [0, 0.05) is 6.54 Å². The molecule has 0 spiro atoms. The van der Waals surface area contributed by atoms with Gasteiger partial charge in [-0.1, -0.05) is 6.92 Å². The van der Waals surface area contributed by atoms with Gasteiger partial charge in [-0.25, -0.2) is 0 Å².